The van der Waals surface area contributed by atoms with Crippen molar-refractivity contribution in [2.75, 3.05) is 26.2 Å². The van der Waals surface area contributed by atoms with Crippen LogP contribution < -0.4 is 0 Å². The van der Waals surface area contributed by atoms with Crippen molar-refractivity contribution in [1.82, 2.24) is 19.2 Å². The summed E-state index contributed by atoms with van der Waals surface area (Å²) in [6.45, 7) is 3.95. The number of hydrogen-bond donors (Lipinski definition) is 0. The molecule has 2 aliphatic heterocycles. The van der Waals surface area contributed by atoms with E-state index < -0.39 is 0 Å². The minimum atomic E-state index is 0.00304. The Labute approximate surface area is 186 Å². The summed E-state index contributed by atoms with van der Waals surface area (Å²) >= 11 is 1.56. The Morgan fingerprint density at radius 3 is 2.65 bits per heavy atom. The SMILES string of the molecule is O=C(c1ccccc1)[C@@H]1CCCN(Cc2c(C(=O)N3CCCCC3)nc3sccn23)C1. The van der Waals surface area contributed by atoms with E-state index in [4.69, 9.17) is 4.98 Å². The average molecular weight is 437 g/mol. The third kappa shape index (κ3) is 4.16. The van der Waals surface area contributed by atoms with E-state index >= 15 is 0 Å². The number of imidazole rings is 1. The third-order valence-electron chi connectivity index (χ3n) is 6.51. The zero-order valence-electron chi connectivity index (χ0n) is 17.7. The first-order valence-electron chi connectivity index (χ1n) is 11.3. The highest BCUT2D eigenvalue weighted by atomic mass is 32.1. The van der Waals surface area contributed by atoms with Gasteiger partial charge in [-0.1, -0.05) is 30.3 Å². The molecule has 1 aromatic carbocycles. The second-order valence-electron chi connectivity index (χ2n) is 8.62. The lowest BCUT2D eigenvalue weighted by Gasteiger charge is -2.32. The molecule has 31 heavy (non-hydrogen) atoms. The number of fused-ring (bicyclic) bond motifs is 1. The van der Waals surface area contributed by atoms with E-state index in [0.717, 1.165) is 68.1 Å². The molecule has 3 aromatic rings. The highest BCUT2D eigenvalue weighted by Crippen LogP contribution is 2.26. The lowest BCUT2D eigenvalue weighted by atomic mass is 9.90. The molecule has 0 saturated carbocycles. The number of benzene rings is 1. The normalized spacial score (nSPS) is 20.3. The van der Waals surface area contributed by atoms with Crippen molar-refractivity contribution in [3.63, 3.8) is 0 Å². The Balaban J connectivity index is 1.36. The molecular formula is C24H28N4O2S. The summed E-state index contributed by atoms with van der Waals surface area (Å²) in [4.78, 5) is 36.1. The van der Waals surface area contributed by atoms with Gasteiger partial charge >= 0.3 is 0 Å². The molecule has 162 valence electrons. The Hall–Kier alpha value is -2.51. The van der Waals surface area contributed by atoms with E-state index in [9.17, 15) is 9.59 Å². The molecule has 2 aromatic heterocycles. The number of carbonyl (C=O) groups is 2. The van der Waals surface area contributed by atoms with Crippen LogP contribution in [0.1, 0.15) is 58.6 Å². The standard InChI is InChI=1S/C24H28N4O2S/c29-22(18-8-3-1-4-9-18)19-10-7-11-26(16-19)17-20-21(25-24-28(20)14-15-31-24)23(30)27-12-5-2-6-13-27/h1,3-4,8-9,14-15,19H,2,5-7,10-13,16-17H2/t19-/m1/s1. The summed E-state index contributed by atoms with van der Waals surface area (Å²) in [5.41, 5.74) is 2.34. The van der Waals surface area contributed by atoms with Gasteiger partial charge in [0.25, 0.3) is 5.91 Å². The van der Waals surface area contributed by atoms with Crippen LogP contribution in [-0.2, 0) is 6.54 Å². The van der Waals surface area contributed by atoms with Crippen molar-refractivity contribution >= 4 is 28.0 Å². The van der Waals surface area contributed by atoms with E-state index in [2.05, 4.69) is 9.30 Å². The second-order valence-corrected chi connectivity index (χ2v) is 9.49. The van der Waals surface area contributed by atoms with Crippen LogP contribution in [0.2, 0.25) is 0 Å². The minimum Gasteiger partial charge on any atom is -0.337 e. The number of Topliss-reactive ketones (excluding diaryl/α,β-unsaturated/α-hetero) is 1. The molecule has 2 saturated heterocycles. The summed E-state index contributed by atoms with van der Waals surface area (Å²) in [6, 6.07) is 9.60. The number of carbonyl (C=O) groups excluding carboxylic acids is 2. The summed E-state index contributed by atoms with van der Waals surface area (Å²) in [5.74, 6) is 0.284. The topological polar surface area (TPSA) is 57.9 Å². The van der Waals surface area contributed by atoms with Gasteiger partial charge in [0.15, 0.2) is 16.4 Å². The average Bonchev–Trinajstić information content (AvgIpc) is 3.42. The van der Waals surface area contributed by atoms with Gasteiger partial charge in [-0.15, -0.1) is 11.3 Å². The molecule has 6 nitrogen and oxygen atoms in total. The number of likely N-dealkylation sites (tertiary alicyclic amines) is 2. The maximum absolute atomic E-state index is 13.3. The van der Waals surface area contributed by atoms with Crippen molar-refractivity contribution in [2.45, 2.75) is 38.6 Å². The van der Waals surface area contributed by atoms with E-state index in [-0.39, 0.29) is 17.6 Å². The quantitative estimate of drug-likeness (QED) is 0.565. The minimum absolute atomic E-state index is 0.00304. The molecule has 1 atom stereocenters. The molecule has 0 radical (unpaired) electrons. The van der Waals surface area contributed by atoms with Gasteiger partial charge in [0, 0.05) is 49.2 Å². The summed E-state index contributed by atoms with van der Waals surface area (Å²) in [5, 5.41) is 2.01. The number of aromatic nitrogens is 2. The molecule has 7 heteroatoms. The van der Waals surface area contributed by atoms with Crippen LogP contribution in [0.15, 0.2) is 41.9 Å². The third-order valence-corrected chi connectivity index (χ3v) is 7.27. The van der Waals surface area contributed by atoms with Gasteiger partial charge in [-0.05, 0) is 38.6 Å². The van der Waals surface area contributed by atoms with Crippen LogP contribution in [0.4, 0.5) is 0 Å². The largest absolute Gasteiger partial charge is 0.337 e. The van der Waals surface area contributed by atoms with Crippen molar-refractivity contribution in [1.29, 1.82) is 0 Å². The Kier molecular flexibility index (Phi) is 5.87. The highest BCUT2D eigenvalue weighted by molar-refractivity contribution is 7.15. The summed E-state index contributed by atoms with van der Waals surface area (Å²) in [7, 11) is 0. The van der Waals surface area contributed by atoms with Crippen LogP contribution >= 0.6 is 11.3 Å². The van der Waals surface area contributed by atoms with Crippen LogP contribution in [0.5, 0.6) is 0 Å². The van der Waals surface area contributed by atoms with Gasteiger partial charge in [-0.25, -0.2) is 4.98 Å². The molecule has 2 aliphatic rings. The summed E-state index contributed by atoms with van der Waals surface area (Å²) < 4.78 is 2.06. The molecule has 0 unspecified atom stereocenters. The molecule has 0 aliphatic carbocycles. The monoisotopic (exact) mass is 436 g/mol. The van der Waals surface area contributed by atoms with E-state index in [1.54, 1.807) is 11.3 Å². The second kappa shape index (κ2) is 8.93. The number of ketones is 1. The number of hydrogen-bond acceptors (Lipinski definition) is 5. The Morgan fingerprint density at radius 2 is 1.84 bits per heavy atom. The first-order chi connectivity index (χ1) is 15.2. The number of thiazole rings is 1. The molecule has 2 fully saturated rings. The van der Waals surface area contributed by atoms with Gasteiger partial charge < -0.3 is 4.90 Å². The molecule has 0 N–H and O–H groups in total. The molecule has 0 bridgehead atoms. The smallest absolute Gasteiger partial charge is 0.274 e. The number of piperidine rings is 2. The maximum Gasteiger partial charge on any atom is 0.274 e. The predicted octanol–water partition coefficient (Wildman–Crippen LogP) is 4.12. The number of nitrogens with zero attached hydrogens (tertiary/aromatic N) is 4. The molecule has 4 heterocycles. The number of amides is 1. The molecule has 5 rings (SSSR count). The van der Waals surface area contributed by atoms with Crippen LogP contribution in [0.3, 0.4) is 0 Å². The fourth-order valence-corrected chi connectivity index (χ4v) is 5.60. The fraction of sp³-hybridized carbons (Fsp3) is 0.458. The van der Waals surface area contributed by atoms with Crippen molar-refractivity contribution in [3.8, 4) is 0 Å². The van der Waals surface area contributed by atoms with E-state index in [1.807, 2.05) is 46.8 Å². The van der Waals surface area contributed by atoms with Gasteiger partial charge in [-0.3, -0.25) is 18.9 Å². The van der Waals surface area contributed by atoms with Crippen LogP contribution in [0.25, 0.3) is 4.96 Å². The number of rotatable bonds is 5. The van der Waals surface area contributed by atoms with Crippen LogP contribution in [-0.4, -0.2) is 57.1 Å². The predicted molar refractivity (Wildman–Crippen MR) is 122 cm³/mol. The van der Waals surface area contributed by atoms with E-state index in [0.29, 0.717) is 12.2 Å². The highest BCUT2D eigenvalue weighted by Gasteiger charge is 2.30. The molecular weight excluding hydrogens is 408 g/mol. The van der Waals surface area contributed by atoms with Gasteiger partial charge in [0.2, 0.25) is 0 Å². The van der Waals surface area contributed by atoms with Gasteiger partial charge in [-0.2, -0.15) is 0 Å². The zero-order valence-corrected chi connectivity index (χ0v) is 18.5. The lowest BCUT2D eigenvalue weighted by Crippen LogP contribution is -2.40. The Morgan fingerprint density at radius 1 is 1.03 bits per heavy atom. The Bertz CT molecular complexity index is 1070. The van der Waals surface area contributed by atoms with Gasteiger partial charge in [0.1, 0.15) is 0 Å². The molecule has 0 spiro atoms. The van der Waals surface area contributed by atoms with E-state index in [1.165, 1.54) is 6.42 Å². The maximum atomic E-state index is 13.3. The van der Waals surface area contributed by atoms with Crippen LogP contribution in [0, 0.1) is 5.92 Å². The van der Waals surface area contributed by atoms with Gasteiger partial charge in [0.05, 0.1) is 5.69 Å². The first kappa shape index (κ1) is 20.4. The zero-order chi connectivity index (χ0) is 21.2. The lowest BCUT2D eigenvalue weighted by molar-refractivity contribution is 0.0711. The first-order valence-corrected chi connectivity index (χ1v) is 12.1. The fourth-order valence-electron chi connectivity index (χ4n) is 4.86. The van der Waals surface area contributed by atoms with Crippen molar-refractivity contribution in [3.05, 3.63) is 58.9 Å². The van der Waals surface area contributed by atoms with Crippen molar-refractivity contribution in [2.24, 2.45) is 5.92 Å². The van der Waals surface area contributed by atoms with Crippen molar-refractivity contribution < 1.29 is 9.59 Å². The summed E-state index contributed by atoms with van der Waals surface area (Å²) in [6.07, 6.45) is 7.25. The molecule has 1 amide bonds.